The highest BCUT2D eigenvalue weighted by Crippen LogP contribution is 2.27. The number of halogens is 1. The highest BCUT2D eigenvalue weighted by atomic mass is 32.2. The van der Waals surface area contributed by atoms with Gasteiger partial charge in [0.1, 0.15) is 17.9 Å². The number of aromatic nitrogens is 4. The van der Waals surface area contributed by atoms with Crippen LogP contribution in [0.15, 0.2) is 60.0 Å². The van der Waals surface area contributed by atoms with Gasteiger partial charge >= 0.3 is 0 Å². The van der Waals surface area contributed by atoms with E-state index in [0.29, 0.717) is 29.8 Å². The molecule has 0 unspecified atom stereocenters. The molecule has 4 aromatic rings. The first kappa shape index (κ1) is 20.0. The molecule has 3 aromatic heterocycles. The molecule has 0 atom stereocenters. The summed E-state index contributed by atoms with van der Waals surface area (Å²) in [6.07, 6.45) is 5.23. The molecule has 3 heterocycles. The number of hydrogen-bond donors (Lipinski definition) is 0. The van der Waals surface area contributed by atoms with E-state index in [1.165, 1.54) is 25.4 Å². The van der Waals surface area contributed by atoms with Crippen LogP contribution in [0.2, 0.25) is 0 Å². The van der Waals surface area contributed by atoms with Crippen molar-refractivity contribution in [3.05, 3.63) is 72.1 Å². The van der Waals surface area contributed by atoms with Gasteiger partial charge in [-0.2, -0.15) is 0 Å². The van der Waals surface area contributed by atoms with Crippen molar-refractivity contribution in [1.82, 2.24) is 19.6 Å². The van der Waals surface area contributed by atoms with Gasteiger partial charge in [-0.3, -0.25) is 4.40 Å². The average molecular weight is 426 g/mol. The maximum absolute atomic E-state index is 14.2. The number of benzene rings is 1. The number of rotatable bonds is 6. The molecule has 7 nitrogen and oxygen atoms in total. The fraction of sp³-hybridized carbons (Fsp3) is 0.190. The van der Waals surface area contributed by atoms with Crippen molar-refractivity contribution in [2.75, 3.05) is 13.4 Å². The third-order valence-electron chi connectivity index (χ3n) is 4.89. The van der Waals surface area contributed by atoms with Crippen LogP contribution in [-0.4, -0.2) is 41.4 Å². The van der Waals surface area contributed by atoms with Crippen LogP contribution in [0.1, 0.15) is 11.3 Å². The number of fused-ring (bicyclic) bond motifs is 1. The van der Waals surface area contributed by atoms with Crippen molar-refractivity contribution in [3.8, 4) is 16.9 Å². The van der Waals surface area contributed by atoms with Gasteiger partial charge in [0.15, 0.2) is 20.5 Å². The monoisotopic (exact) mass is 426 g/mol. The van der Waals surface area contributed by atoms with Crippen LogP contribution in [-0.2, 0) is 22.7 Å². The second-order valence-electron chi connectivity index (χ2n) is 6.84. The lowest BCUT2D eigenvalue weighted by atomic mass is 10.0. The molecule has 9 heteroatoms. The quantitative estimate of drug-likeness (QED) is 0.471. The van der Waals surface area contributed by atoms with E-state index in [0.717, 1.165) is 23.1 Å². The Morgan fingerprint density at radius 2 is 1.93 bits per heavy atom. The van der Waals surface area contributed by atoms with Gasteiger partial charge in [-0.15, -0.1) is 10.2 Å². The molecule has 0 N–H and O–H groups in total. The summed E-state index contributed by atoms with van der Waals surface area (Å²) in [6.45, 7) is 0. The van der Waals surface area contributed by atoms with Crippen LogP contribution in [0.4, 0.5) is 4.39 Å². The summed E-state index contributed by atoms with van der Waals surface area (Å²) < 4.78 is 44.6. The molecule has 0 saturated heterocycles. The highest BCUT2D eigenvalue weighted by Gasteiger charge is 2.14. The Morgan fingerprint density at radius 3 is 2.63 bits per heavy atom. The van der Waals surface area contributed by atoms with E-state index in [-0.39, 0.29) is 10.8 Å². The van der Waals surface area contributed by atoms with E-state index < -0.39 is 9.84 Å². The fourth-order valence-electron chi connectivity index (χ4n) is 3.38. The van der Waals surface area contributed by atoms with Crippen molar-refractivity contribution in [1.29, 1.82) is 0 Å². The Labute approximate surface area is 173 Å². The van der Waals surface area contributed by atoms with Crippen molar-refractivity contribution in [3.63, 3.8) is 0 Å². The number of nitrogens with zero attached hydrogens (tertiary/aromatic N) is 4. The molecule has 154 valence electrons. The van der Waals surface area contributed by atoms with Crippen molar-refractivity contribution < 1.29 is 17.5 Å². The number of methoxy groups -OCH3 is 1. The van der Waals surface area contributed by atoms with Crippen LogP contribution in [0.3, 0.4) is 0 Å². The fourth-order valence-corrected chi connectivity index (χ4v) is 3.94. The third kappa shape index (κ3) is 3.76. The predicted octanol–water partition coefficient (Wildman–Crippen LogP) is 3.13. The molecule has 0 amide bonds. The summed E-state index contributed by atoms with van der Waals surface area (Å²) in [6, 6.07) is 11.7. The van der Waals surface area contributed by atoms with E-state index in [9.17, 15) is 12.8 Å². The lowest BCUT2D eigenvalue weighted by Gasteiger charge is -2.12. The van der Waals surface area contributed by atoms with Gasteiger partial charge in [-0.05, 0) is 49.2 Å². The maximum atomic E-state index is 14.2. The number of aryl methyl sites for hydroxylation is 1. The molecule has 0 fully saturated rings. The zero-order chi connectivity index (χ0) is 21.3. The van der Waals surface area contributed by atoms with Gasteiger partial charge in [0.2, 0.25) is 0 Å². The van der Waals surface area contributed by atoms with E-state index in [1.54, 1.807) is 24.5 Å². The topological polar surface area (TPSA) is 86.5 Å². The molecular weight excluding hydrogens is 407 g/mol. The van der Waals surface area contributed by atoms with E-state index in [1.807, 2.05) is 16.5 Å². The van der Waals surface area contributed by atoms with Gasteiger partial charge in [0, 0.05) is 34.8 Å². The minimum Gasteiger partial charge on any atom is -0.496 e. The van der Waals surface area contributed by atoms with E-state index in [4.69, 9.17) is 4.74 Å². The van der Waals surface area contributed by atoms with Crippen molar-refractivity contribution >= 4 is 15.5 Å². The molecule has 0 saturated carbocycles. The summed E-state index contributed by atoms with van der Waals surface area (Å²) in [5.41, 5.74) is 3.53. The molecule has 4 rings (SSSR count). The number of hydrogen-bond acceptors (Lipinski definition) is 6. The Morgan fingerprint density at radius 1 is 1.10 bits per heavy atom. The summed E-state index contributed by atoms with van der Waals surface area (Å²) in [5.74, 6) is 0.215. The smallest absolute Gasteiger partial charge is 0.192 e. The number of sulfone groups is 1. The minimum absolute atomic E-state index is 0.0131. The standard InChI is InChI=1S/C21H19FN4O3S/c1-29-19-5-3-4-18(22)17(19)10-8-15-7-9-16(21-25-24-13-26(15)21)14-6-11-20(23-12-14)30(2,27)28/h3-7,9,11-13H,8,10H2,1-2H3. The predicted molar refractivity (Wildman–Crippen MR) is 110 cm³/mol. The summed E-state index contributed by atoms with van der Waals surface area (Å²) in [5, 5.41) is 8.22. The molecule has 0 aliphatic rings. The van der Waals surface area contributed by atoms with Gasteiger partial charge in [-0.25, -0.2) is 17.8 Å². The van der Waals surface area contributed by atoms with Crippen molar-refractivity contribution in [2.24, 2.45) is 0 Å². The second kappa shape index (κ2) is 7.83. The summed E-state index contributed by atoms with van der Waals surface area (Å²) in [7, 11) is -1.85. The zero-order valence-corrected chi connectivity index (χ0v) is 17.2. The maximum Gasteiger partial charge on any atom is 0.192 e. The molecule has 0 aliphatic heterocycles. The Kier molecular flexibility index (Phi) is 5.21. The number of ether oxygens (including phenoxy) is 1. The highest BCUT2D eigenvalue weighted by molar-refractivity contribution is 7.90. The van der Waals surface area contributed by atoms with Gasteiger partial charge < -0.3 is 4.74 Å². The SMILES string of the molecule is COc1cccc(F)c1CCc1ccc(-c2ccc(S(C)(=O)=O)nc2)c2nncn12. The molecule has 30 heavy (non-hydrogen) atoms. The minimum atomic E-state index is -3.37. The first-order valence-electron chi connectivity index (χ1n) is 9.18. The number of pyridine rings is 2. The normalized spacial score (nSPS) is 11.7. The van der Waals surface area contributed by atoms with Crippen molar-refractivity contribution in [2.45, 2.75) is 17.9 Å². The van der Waals surface area contributed by atoms with Crippen LogP contribution in [0.25, 0.3) is 16.8 Å². The summed E-state index contributed by atoms with van der Waals surface area (Å²) in [4.78, 5) is 4.04. The Hall–Kier alpha value is -3.33. The summed E-state index contributed by atoms with van der Waals surface area (Å²) >= 11 is 0. The van der Waals surface area contributed by atoms with E-state index in [2.05, 4.69) is 15.2 Å². The Bertz CT molecular complexity index is 1320. The second-order valence-corrected chi connectivity index (χ2v) is 8.80. The van der Waals surface area contributed by atoms with Crippen LogP contribution in [0, 0.1) is 5.82 Å². The molecule has 0 bridgehead atoms. The molecule has 0 aliphatic carbocycles. The van der Waals surface area contributed by atoms with Gasteiger partial charge in [-0.1, -0.05) is 6.07 Å². The van der Waals surface area contributed by atoms with Crippen LogP contribution < -0.4 is 4.74 Å². The molecular formula is C21H19FN4O3S. The first-order chi connectivity index (χ1) is 14.4. The average Bonchev–Trinajstić information content (AvgIpc) is 3.22. The third-order valence-corrected chi connectivity index (χ3v) is 5.90. The molecule has 0 spiro atoms. The van der Waals surface area contributed by atoms with Gasteiger partial charge in [0.25, 0.3) is 0 Å². The Balaban J connectivity index is 1.67. The van der Waals surface area contributed by atoms with E-state index >= 15 is 0 Å². The van der Waals surface area contributed by atoms with Gasteiger partial charge in [0.05, 0.1) is 7.11 Å². The lowest BCUT2D eigenvalue weighted by Crippen LogP contribution is -2.03. The first-order valence-corrected chi connectivity index (χ1v) is 11.1. The zero-order valence-electron chi connectivity index (χ0n) is 16.4. The van der Waals surface area contributed by atoms with Crippen LogP contribution >= 0.6 is 0 Å². The molecule has 1 aromatic carbocycles. The largest absolute Gasteiger partial charge is 0.496 e. The van der Waals surface area contributed by atoms with Crippen LogP contribution in [0.5, 0.6) is 5.75 Å². The molecule has 0 radical (unpaired) electrons. The lowest BCUT2D eigenvalue weighted by molar-refractivity contribution is 0.404.